The maximum absolute atomic E-state index is 13.5. The number of nitrogen functional groups attached to an aromatic ring is 1. The second-order valence-corrected chi connectivity index (χ2v) is 10.0. The van der Waals surface area contributed by atoms with Crippen LogP contribution in [0.3, 0.4) is 0 Å². The molecule has 0 aliphatic heterocycles. The molecular weight excluding hydrogens is 505 g/mol. The Morgan fingerprint density at radius 3 is 2.56 bits per heavy atom. The van der Waals surface area contributed by atoms with E-state index in [-0.39, 0.29) is 18.4 Å². The predicted molar refractivity (Wildman–Crippen MR) is 140 cm³/mol. The van der Waals surface area contributed by atoms with E-state index < -0.39 is 17.1 Å². The topological polar surface area (TPSA) is 109 Å². The number of halogens is 2. The van der Waals surface area contributed by atoms with E-state index in [1.165, 1.54) is 23.5 Å². The van der Waals surface area contributed by atoms with E-state index in [0.717, 1.165) is 18.4 Å². The Kier molecular flexibility index (Phi) is 6.46. The summed E-state index contributed by atoms with van der Waals surface area (Å²) in [7, 11) is 1.53. The first kappa shape index (κ1) is 24.3. The van der Waals surface area contributed by atoms with Gasteiger partial charge in [0.2, 0.25) is 0 Å². The van der Waals surface area contributed by atoms with Crippen LogP contribution < -0.4 is 15.4 Å². The van der Waals surface area contributed by atoms with Crippen LogP contribution in [0.4, 0.5) is 15.8 Å². The first-order valence-electron chi connectivity index (χ1n) is 11.3. The molecule has 1 heterocycles. The third-order valence-corrected chi connectivity index (χ3v) is 7.29. The summed E-state index contributed by atoms with van der Waals surface area (Å²) in [6.45, 7) is 0.0994. The minimum atomic E-state index is -2.36. The number of nitrogens with two attached hydrogens (primary N) is 1. The van der Waals surface area contributed by atoms with Crippen LogP contribution in [0.15, 0.2) is 59.0 Å². The van der Waals surface area contributed by atoms with E-state index >= 15 is 0 Å². The van der Waals surface area contributed by atoms with Crippen molar-refractivity contribution in [3.05, 3.63) is 82.1 Å². The minimum Gasteiger partial charge on any atom is -0.455 e. The standard InChI is InChI=1S/C26H23ClFN3O4S/c1-30-26(32)24-19-11-18(15-3-4-15)22(12-23(19)35-25(24)16-5-7-17(28)8-6-16)31(36(33)34)13-14-2-9-21(29)20(27)10-14/h2,5-12,15H,3-4,13,29H2,1H3,(H,30,32)(H,33,34). The molecule has 0 radical (unpaired) electrons. The highest BCUT2D eigenvalue weighted by Crippen LogP contribution is 2.48. The summed E-state index contributed by atoms with van der Waals surface area (Å²) >= 11 is 3.81. The van der Waals surface area contributed by atoms with Gasteiger partial charge in [-0.25, -0.2) is 8.60 Å². The summed E-state index contributed by atoms with van der Waals surface area (Å²) in [6, 6.07) is 14.3. The van der Waals surface area contributed by atoms with Crippen LogP contribution in [0.2, 0.25) is 5.02 Å². The summed E-state index contributed by atoms with van der Waals surface area (Å²) in [6.07, 6.45) is 1.85. The van der Waals surface area contributed by atoms with Crippen molar-refractivity contribution in [3.63, 3.8) is 0 Å². The number of benzene rings is 3. The highest BCUT2D eigenvalue weighted by Gasteiger charge is 2.32. The molecule has 186 valence electrons. The van der Waals surface area contributed by atoms with Crippen molar-refractivity contribution in [3.8, 4) is 11.3 Å². The molecule has 4 aromatic rings. The third-order valence-electron chi connectivity index (χ3n) is 6.26. The largest absolute Gasteiger partial charge is 0.455 e. The van der Waals surface area contributed by atoms with Gasteiger partial charge >= 0.3 is 0 Å². The zero-order valence-electron chi connectivity index (χ0n) is 19.3. The zero-order chi connectivity index (χ0) is 25.6. The van der Waals surface area contributed by atoms with E-state index in [9.17, 15) is 17.9 Å². The van der Waals surface area contributed by atoms with Crippen molar-refractivity contribution in [1.29, 1.82) is 0 Å². The lowest BCUT2D eigenvalue weighted by Gasteiger charge is -2.23. The lowest BCUT2D eigenvalue weighted by Crippen LogP contribution is -2.25. The molecule has 1 saturated carbocycles. The highest BCUT2D eigenvalue weighted by atomic mass is 35.5. The number of rotatable bonds is 7. The molecule has 1 amide bonds. The molecular formula is C26H23ClFN3O4S. The Morgan fingerprint density at radius 1 is 1.22 bits per heavy atom. The number of nitrogens with zero attached hydrogens (tertiary/aromatic N) is 1. The van der Waals surface area contributed by atoms with Gasteiger partial charge in [0.15, 0.2) is 0 Å². The second-order valence-electron chi connectivity index (χ2n) is 8.70. The number of furan rings is 1. The Hall–Kier alpha value is -3.40. The molecule has 1 aliphatic carbocycles. The normalized spacial score (nSPS) is 14.1. The van der Waals surface area contributed by atoms with Gasteiger partial charge in [-0.3, -0.25) is 13.7 Å². The number of hydrogen-bond donors (Lipinski definition) is 3. The number of carbonyl (C=O) groups is 1. The fraction of sp³-hybridized carbons (Fsp3) is 0.192. The number of amides is 1. The lowest BCUT2D eigenvalue weighted by molar-refractivity contribution is 0.0964. The van der Waals surface area contributed by atoms with E-state index in [1.54, 1.807) is 36.4 Å². The maximum atomic E-state index is 13.5. The molecule has 3 aromatic carbocycles. The Bertz CT molecular complexity index is 1500. The second kappa shape index (κ2) is 9.57. The van der Waals surface area contributed by atoms with Crippen LogP contribution in [0, 0.1) is 5.82 Å². The van der Waals surface area contributed by atoms with Crippen LogP contribution in [-0.2, 0) is 17.8 Å². The van der Waals surface area contributed by atoms with Gasteiger partial charge in [-0.15, -0.1) is 0 Å². The fourth-order valence-corrected chi connectivity index (χ4v) is 5.09. The van der Waals surface area contributed by atoms with Gasteiger partial charge in [-0.2, -0.15) is 0 Å². The van der Waals surface area contributed by atoms with Gasteiger partial charge in [0.05, 0.1) is 28.5 Å². The number of fused-ring (bicyclic) bond motifs is 1. The number of nitrogens with one attached hydrogen (secondary N) is 1. The summed E-state index contributed by atoms with van der Waals surface area (Å²) in [4.78, 5) is 12.9. The van der Waals surface area contributed by atoms with Gasteiger partial charge < -0.3 is 15.5 Å². The average molecular weight is 528 g/mol. The molecule has 1 fully saturated rings. The SMILES string of the molecule is CNC(=O)c1c(-c2ccc(F)cc2)oc2cc(N(Cc3ccc(N)c(Cl)c3)S(=O)O)c(C3CC3)cc12. The van der Waals surface area contributed by atoms with Crippen molar-refractivity contribution in [2.45, 2.75) is 25.3 Å². The Labute approximate surface area is 214 Å². The number of carbonyl (C=O) groups excluding carboxylic acids is 1. The van der Waals surface area contributed by atoms with E-state index in [2.05, 4.69) is 5.32 Å². The molecule has 0 spiro atoms. The van der Waals surface area contributed by atoms with E-state index in [0.29, 0.717) is 49.8 Å². The summed E-state index contributed by atoms with van der Waals surface area (Å²) in [5, 5.41) is 3.59. The lowest BCUT2D eigenvalue weighted by atomic mass is 10.00. The fourth-order valence-electron chi connectivity index (χ4n) is 4.30. The molecule has 10 heteroatoms. The molecule has 0 saturated heterocycles. The highest BCUT2D eigenvalue weighted by molar-refractivity contribution is 7.80. The molecule has 0 bridgehead atoms. The van der Waals surface area contributed by atoms with Gasteiger partial charge in [-0.1, -0.05) is 17.7 Å². The number of hydrogen-bond acceptors (Lipinski definition) is 4. The molecule has 1 unspecified atom stereocenters. The molecule has 7 nitrogen and oxygen atoms in total. The maximum Gasteiger partial charge on any atom is 0.262 e. The first-order chi connectivity index (χ1) is 17.3. The van der Waals surface area contributed by atoms with Crippen LogP contribution in [0.25, 0.3) is 22.3 Å². The average Bonchev–Trinajstić information content (AvgIpc) is 3.64. The number of anilines is 2. The van der Waals surface area contributed by atoms with Crippen LogP contribution >= 0.6 is 11.6 Å². The quantitative estimate of drug-likeness (QED) is 0.206. The Morgan fingerprint density at radius 2 is 1.94 bits per heavy atom. The first-order valence-corrected chi connectivity index (χ1v) is 12.7. The van der Waals surface area contributed by atoms with Gasteiger partial charge in [-0.05, 0) is 72.4 Å². The van der Waals surface area contributed by atoms with Gasteiger partial charge in [0.25, 0.3) is 17.2 Å². The predicted octanol–water partition coefficient (Wildman–Crippen LogP) is 5.85. The van der Waals surface area contributed by atoms with Crippen molar-refractivity contribution in [2.75, 3.05) is 17.1 Å². The molecule has 36 heavy (non-hydrogen) atoms. The molecule has 5 rings (SSSR count). The Balaban J connectivity index is 1.68. The van der Waals surface area contributed by atoms with Crippen LogP contribution in [0.5, 0.6) is 0 Å². The zero-order valence-corrected chi connectivity index (χ0v) is 20.8. The van der Waals surface area contributed by atoms with Gasteiger partial charge in [0, 0.05) is 24.1 Å². The summed E-state index contributed by atoms with van der Waals surface area (Å²) in [5.74, 6) is -0.266. The van der Waals surface area contributed by atoms with Crippen molar-refractivity contribution in [2.24, 2.45) is 0 Å². The van der Waals surface area contributed by atoms with Crippen molar-refractivity contribution in [1.82, 2.24) is 5.32 Å². The van der Waals surface area contributed by atoms with Crippen molar-refractivity contribution >= 4 is 51.1 Å². The van der Waals surface area contributed by atoms with Crippen LogP contribution in [0.1, 0.15) is 40.2 Å². The minimum absolute atomic E-state index is 0.0994. The molecule has 4 N–H and O–H groups in total. The van der Waals surface area contributed by atoms with Crippen LogP contribution in [-0.4, -0.2) is 21.7 Å². The molecule has 1 aromatic heterocycles. The van der Waals surface area contributed by atoms with E-state index in [1.807, 2.05) is 6.07 Å². The van der Waals surface area contributed by atoms with Gasteiger partial charge in [0.1, 0.15) is 17.2 Å². The van der Waals surface area contributed by atoms with E-state index in [4.69, 9.17) is 21.8 Å². The molecule has 1 aliphatic rings. The third kappa shape index (κ3) is 4.57. The smallest absolute Gasteiger partial charge is 0.262 e. The summed E-state index contributed by atoms with van der Waals surface area (Å²) < 4.78 is 43.8. The van der Waals surface area contributed by atoms with Crippen molar-refractivity contribution < 1.29 is 22.4 Å². The molecule has 1 atom stereocenters. The summed E-state index contributed by atoms with van der Waals surface area (Å²) in [5.41, 5.74) is 9.56. The monoisotopic (exact) mass is 527 g/mol.